The number of aryl methyl sites for hydroxylation is 3. The van der Waals surface area contributed by atoms with Gasteiger partial charge in [-0.25, -0.2) is 16.4 Å². The maximum Gasteiger partial charge on any atom is 0.276 e. The second-order valence-corrected chi connectivity index (χ2v) is 7.92. The van der Waals surface area contributed by atoms with Gasteiger partial charge in [0.25, 0.3) is 5.91 Å². The molecule has 1 aromatic carbocycles. The van der Waals surface area contributed by atoms with Crippen LogP contribution in [0.5, 0.6) is 5.75 Å². The van der Waals surface area contributed by atoms with E-state index in [2.05, 4.69) is 26.0 Å². The minimum absolute atomic E-state index is 0.250. The third-order valence-corrected chi connectivity index (χ3v) is 5.24. The predicted octanol–water partition coefficient (Wildman–Crippen LogP) is 1.22. The Morgan fingerprint density at radius 1 is 1.20 bits per heavy atom. The number of fused-ring (bicyclic) bond motifs is 1. The van der Waals surface area contributed by atoms with Gasteiger partial charge >= 0.3 is 0 Å². The van der Waals surface area contributed by atoms with Gasteiger partial charge in [-0.05, 0) is 44.9 Å². The van der Waals surface area contributed by atoms with Crippen LogP contribution in [-0.2, 0) is 13.1 Å². The highest BCUT2D eigenvalue weighted by Crippen LogP contribution is 2.31. The lowest BCUT2D eigenvalue weighted by Crippen LogP contribution is -2.22. The SMILES string of the molecule is CCCn1c(NC(=O)c2cc(C)nn2CC)nc2cc(C(N)=O)cc(OCCC/C(N)=N/NN)c21. The van der Waals surface area contributed by atoms with Gasteiger partial charge in [0, 0.05) is 25.1 Å². The fraction of sp³-hybridized carbons (Fsp3) is 0.409. The number of aromatic nitrogens is 4. The molecule has 2 amide bonds. The van der Waals surface area contributed by atoms with E-state index in [1.165, 1.54) is 0 Å². The Bertz CT molecular complexity index is 1240. The van der Waals surface area contributed by atoms with Crippen LogP contribution in [0.3, 0.4) is 0 Å². The molecular formula is C22H32N10O3. The molecule has 0 aliphatic carbocycles. The maximum absolute atomic E-state index is 13.1. The normalized spacial score (nSPS) is 11.6. The van der Waals surface area contributed by atoms with E-state index in [9.17, 15) is 9.59 Å². The first-order chi connectivity index (χ1) is 16.8. The number of ether oxygens (including phenoxy) is 1. The van der Waals surface area contributed by atoms with Crippen molar-refractivity contribution in [3.63, 3.8) is 0 Å². The van der Waals surface area contributed by atoms with Gasteiger partial charge in [-0.2, -0.15) is 10.2 Å². The average molecular weight is 485 g/mol. The highest BCUT2D eigenvalue weighted by molar-refractivity contribution is 6.04. The van der Waals surface area contributed by atoms with Gasteiger partial charge in [-0.1, -0.05) is 6.92 Å². The van der Waals surface area contributed by atoms with Crippen molar-refractivity contribution in [1.82, 2.24) is 24.9 Å². The zero-order valence-electron chi connectivity index (χ0n) is 20.2. The van der Waals surface area contributed by atoms with Crippen molar-refractivity contribution in [2.24, 2.45) is 22.4 Å². The highest BCUT2D eigenvalue weighted by atomic mass is 16.5. The number of hydrazine groups is 1. The van der Waals surface area contributed by atoms with Crippen LogP contribution in [0.25, 0.3) is 11.0 Å². The summed E-state index contributed by atoms with van der Waals surface area (Å²) in [4.78, 5) is 29.6. The second kappa shape index (κ2) is 11.3. The van der Waals surface area contributed by atoms with Crippen LogP contribution in [0.15, 0.2) is 23.3 Å². The first-order valence-electron chi connectivity index (χ1n) is 11.4. The first kappa shape index (κ1) is 25.5. The molecule has 0 unspecified atom stereocenters. The molecule has 3 aromatic rings. The van der Waals surface area contributed by atoms with Gasteiger partial charge in [-0.3, -0.25) is 19.6 Å². The summed E-state index contributed by atoms with van der Waals surface area (Å²) < 4.78 is 9.50. The van der Waals surface area contributed by atoms with E-state index < -0.39 is 5.91 Å². The lowest BCUT2D eigenvalue weighted by atomic mass is 10.1. The Morgan fingerprint density at radius 2 is 1.97 bits per heavy atom. The van der Waals surface area contributed by atoms with Crippen molar-refractivity contribution in [3.8, 4) is 5.75 Å². The number of anilines is 1. The van der Waals surface area contributed by atoms with E-state index >= 15 is 0 Å². The highest BCUT2D eigenvalue weighted by Gasteiger charge is 2.21. The van der Waals surface area contributed by atoms with Crippen LogP contribution in [0.2, 0.25) is 0 Å². The van der Waals surface area contributed by atoms with E-state index in [1.54, 1.807) is 22.9 Å². The first-order valence-corrected chi connectivity index (χ1v) is 11.4. The lowest BCUT2D eigenvalue weighted by Gasteiger charge is -2.13. The van der Waals surface area contributed by atoms with Crippen LogP contribution in [0.1, 0.15) is 59.7 Å². The molecule has 0 fully saturated rings. The summed E-state index contributed by atoms with van der Waals surface area (Å²) in [5.74, 6) is 5.30. The summed E-state index contributed by atoms with van der Waals surface area (Å²) in [6, 6.07) is 4.89. The fourth-order valence-electron chi connectivity index (χ4n) is 3.73. The number of benzene rings is 1. The van der Waals surface area contributed by atoms with E-state index in [0.717, 1.165) is 12.1 Å². The monoisotopic (exact) mass is 484 g/mol. The molecule has 8 N–H and O–H groups in total. The van der Waals surface area contributed by atoms with Gasteiger partial charge in [0.2, 0.25) is 11.9 Å². The number of primary amides is 1. The average Bonchev–Trinajstić information content (AvgIpc) is 3.37. The number of hydrazone groups is 1. The van der Waals surface area contributed by atoms with Crippen LogP contribution < -0.4 is 32.9 Å². The number of hydrogen-bond donors (Lipinski definition) is 5. The molecule has 0 aliphatic heterocycles. The lowest BCUT2D eigenvalue weighted by molar-refractivity contribution is 0.0995. The molecule has 0 saturated carbocycles. The Balaban J connectivity index is 1.98. The maximum atomic E-state index is 13.1. The molecule has 2 aromatic heterocycles. The van der Waals surface area contributed by atoms with E-state index in [4.69, 9.17) is 22.0 Å². The number of amides is 2. The summed E-state index contributed by atoms with van der Waals surface area (Å²) in [5.41, 5.74) is 16.0. The van der Waals surface area contributed by atoms with Crippen molar-refractivity contribution in [3.05, 3.63) is 35.2 Å². The third-order valence-electron chi connectivity index (χ3n) is 5.24. The second-order valence-electron chi connectivity index (χ2n) is 7.92. The number of imidazole rings is 1. The Morgan fingerprint density at radius 3 is 2.63 bits per heavy atom. The summed E-state index contributed by atoms with van der Waals surface area (Å²) in [6.07, 6.45) is 1.80. The summed E-state index contributed by atoms with van der Waals surface area (Å²) in [6.45, 7) is 7.17. The molecule has 0 saturated heterocycles. The minimum atomic E-state index is -0.611. The number of nitrogens with zero attached hydrogens (tertiary/aromatic N) is 5. The largest absolute Gasteiger partial charge is 0.491 e. The molecular weight excluding hydrogens is 452 g/mol. The van der Waals surface area contributed by atoms with Crippen molar-refractivity contribution in [1.29, 1.82) is 0 Å². The van der Waals surface area contributed by atoms with Gasteiger partial charge in [0.05, 0.1) is 17.8 Å². The van der Waals surface area contributed by atoms with E-state index in [0.29, 0.717) is 66.8 Å². The molecule has 188 valence electrons. The van der Waals surface area contributed by atoms with Crippen LogP contribution in [0, 0.1) is 6.92 Å². The van der Waals surface area contributed by atoms with Crippen molar-refractivity contribution in [2.45, 2.75) is 53.1 Å². The van der Waals surface area contributed by atoms with Crippen molar-refractivity contribution < 1.29 is 14.3 Å². The Hall–Kier alpha value is -4.13. The molecule has 0 aliphatic rings. The van der Waals surface area contributed by atoms with E-state index in [-0.39, 0.29) is 11.5 Å². The molecule has 35 heavy (non-hydrogen) atoms. The number of hydrogen-bond acceptors (Lipinski definition) is 8. The third kappa shape index (κ3) is 5.87. The van der Waals surface area contributed by atoms with Gasteiger partial charge in [0.1, 0.15) is 22.8 Å². The fourth-order valence-corrected chi connectivity index (χ4v) is 3.73. The number of nitrogens with one attached hydrogen (secondary N) is 2. The van der Waals surface area contributed by atoms with Crippen LogP contribution >= 0.6 is 0 Å². The van der Waals surface area contributed by atoms with Gasteiger partial charge in [-0.15, -0.1) is 0 Å². The summed E-state index contributed by atoms with van der Waals surface area (Å²) >= 11 is 0. The molecule has 2 heterocycles. The predicted molar refractivity (Wildman–Crippen MR) is 133 cm³/mol. The summed E-state index contributed by atoms with van der Waals surface area (Å²) in [7, 11) is 0. The van der Waals surface area contributed by atoms with Crippen molar-refractivity contribution in [2.75, 3.05) is 11.9 Å². The quantitative estimate of drug-likeness (QED) is 0.0832. The molecule has 0 radical (unpaired) electrons. The zero-order valence-corrected chi connectivity index (χ0v) is 20.2. The standard InChI is InChI=1S/C22H32N10O3/c1-4-8-31-19-15(26-22(31)27-21(34)16-10-13(3)29-32(16)5-2)11-14(20(24)33)12-17(19)35-9-6-7-18(23)28-30-25/h10-12,30H,4-9,25H2,1-3H3,(H2,23,28)(H2,24,33)(H,26,27,34). The zero-order chi connectivity index (χ0) is 25.5. The van der Waals surface area contributed by atoms with Gasteiger partial charge < -0.3 is 20.8 Å². The van der Waals surface area contributed by atoms with Crippen LogP contribution in [0.4, 0.5) is 5.95 Å². The topological polar surface area (TPSA) is 193 Å². The van der Waals surface area contributed by atoms with Crippen LogP contribution in [-0.4, -0.2) is 43.6 Å². The molecule has 0 bridgehead atoms. The number of rotatable bonds is 12. The molecule has 3 rings (SSSR count). The number of amidine groups is 1. The molecule has 13 heteroatoms. The van der Waals surface area contributed by atoms with Crippen molar-refractivity contribution >= 4 is 34.6 Å². The smallest absolute Gasteiger partial charge is 0.276 e. The molecule has 0 spiro atoms. The summed E-state index contributed by atoms with van der Waals surface area (Å²) in [5, 5.41) is 10.9. The Kier molecular flexibility index (Phi) is 8.25. The Labute approximate surface area is 202 Å². The molecule has 13 nitrogen and oxygen atoms in total. The number of carbonyl (C=O) groups excluding carboxylic acids is 2. The minimum Gasteiger partial charge on any atom is -0.491 e. The molecule has 0 atom stereocenters. The number of carbonyl (C=O) groups is 2. The van der Waals surface area contributed by atoms with E-state index in [1.807, 2.05) is 25.3 Å². The van der Waals surface area contributed by atoms with Gasteiger partial charge in [0.15, 0.2) is 0 Å². The number of nitrogens with two attached hydrogens (primary N) is 3.